The van der Waals surface area contributed by atoms with Gasteiger partial charge in [-0.15, -0.1) is 0 Å². The number of hydrogen-bond donors (Lipinski definition) is 1. The van der Waals surface area contributed by atoms with Crippen LogP contribution in [0.3, 0.4) is 0 Å². The van der Waals surface area contributed by atoms with Gasteiger partial charge in [-0.05, 0) is 19.3 Å². The third-order valence-corrected chi connectivity index (χ3v) is 2.11. The maximum absolute atomic E-state index is 9.59. The minimum absolute atomic E-state index is 0.454. The van der Waals surface area contributed by atoms with E-state index in [1.54, 1.807) is 12.2 Å². The van der Waals surface area contributed by atoms with E-state index in [0.29, 0.717) is 6.54 Å². The minimum atomic E-state index is -0.454. The average molecular weight is 145 g/mol. The summed E-state index contributed by atoms with van der Waals surface area (Å²) in [5, 5.41) is 11.3. The number of hydroxylamine groups is 2. The second kappa shape index (κ2) is 2.86. The van der Waals surface area contributed by atoms with Crippen LogP contribution in [-0.4, -0.2) is 36.5 Å². The van der Waals surface area contributed by atoms with Gasteiger partial charge in [-0.3, -0.25) is 0 Å². The van der Waals surface area contributed by atoms with Gasteiger partial charge in [0.1, 0.15) is 0 Å². The van der Waals surface area contributed by atoms with Gasteiger partial charge in [0.05, 0.1) is 19.3 Å². The van der Waals surface area contributed by atoms with Crippen LogP contribution in [0.15, 0.2) is 0 Å². The zero-order valence-electron chi connectivity index (χ0n) is 6.63. The van der Waals surface area contributed by atoms with Crippen molar-refractivity contribution in [3.05, 3.63) is 0 Å². The molecular weight excluding hydrogens is 130 g/mol. The van der Waals surface area contributed by atoms with Crippen LogP contribution in [0.2, 0.25) is 0 Å². The van der Waals surface area contributed by atoms with Crippen molar-refractivity contribution in [2.75, 3.05) is 20.7 Å². The zero-order chi connectivity index (χ0) is 7.61. The maximum Gasteiger partial charge on any atom is 0.0797 e. The van der Waals surface area contributed by atoms with E-state index in [0.717, 1.165) is 19.3 Å². The molecular formula is C7H15NO2. The molecule has 3 nitrogen and oxygen atoms in total. The molecule has 1 rings (SSSR count). The van der Waals surface area contributed by atoms with E-state index in [2.05, 4.69) is 0 Å². The molecule has 0 heterocycles. The molecule has 0 atom stereocenters. The number of hydrogen-bond acceptors (Lipinski definition) is 3. The molecule has 1 N–H and O–H groups in total. The monoisotopic (exact) mass is 145 g/mol. The molecule has 1 saturated carbocycles. The summed E-state index contributed by atoms with van der Waals surface area (Å²) >= 11 is 0. The summed E-state index contributed by atoms with van der Waals surface area (Å²) in [5.41, 5.74) is -0.454. The predicted octanol–water partition coefficient (Wildman–Crippen LogP) is 0.395. The lowest BCUT2D eigenvalue weighted by Gasteiger charge is -2.38. The summed E-state index contributed by atoms with van der Waals surface area (Å²) in [6.07, 6.45) is 2.98. The van der Waals surface area contributed by atoms with E-state index < -0.39 is 5.60 Å². The van der Waals surface area contributed by atoms with Crippen LogP contribution in [0.25, 0.3) is 0 Å². The molecule has 10 heavy (non-hydrogen) atoms. The average Bonchev–Trinajstić information content (AvgIpc) is 1.84. The van der Waals surface area contributed by atoms with Gasteiger partial charge in [0, 0.05) is 7.05 Å². The molecule has 0 radical (unpaired) electrons. The Hall–Kier alpha value is -0.120. The lowest BCUT2D eigenvalue weighted by atomic mass is 9.80. The highest BCUT2D eigenvalue weighted by Crippen LogP contribution is 2.31. The Morgan fingerprint density at radius 3 is 2.50 bits per heavy atom. The molecule has 60 valence electrons. The van der Waals surface area contributed by atoms with Crippen LogP contribution in [0.4, 0.5) is 0 Å². The highest BCUT2D eigenvalue weighted by molar-refractivity contribution is 4.88. The largest absolute Gasteiger partial charge is 0.388 e. The topological polar surface area (TPSA) is 32.7 Å². The first-order chi connectivity index (χ1) is 4.66. The van der Waals surface area contributed by atoms with Gasteiger partial charge < -0.3 is 9.94 Å². The van der Waals surface area contributed by atoms with Gasteiger partial charge in [-0.25, -0.2) is 0 Å². The van der Waals surface area contributed by atoms with E-state index in [4.69, 9.17) is 4.84 Å². The molecule has 0 aromatic carbocycles. The van der Waals surface area contributed by atoms with Crippen LogP contribution >= 0.6 is 0 Å². The molecule has 1 aliphatic rings. The first-order valence-electron chi connectivity index (χ1n) is 3.64. The molecule has 0 aromatic rings. The molecule has 1 aliphatic carbocycles. The fourth-order valence-electron chi connectivity index (χ4n) is 1.22. The number of likely N-dealkylation sites (N-methyl/N-ethyl adjacent to an activating group) is 1. The standard InChI is InChI=1S/C7H15NO2/c1-8(10-2)6-7(9)4-3-5-7/h9H,3-6H2,1-2H3. The van der Waals surface area contributed by atoms with Crippen molar-refractivity contribution in [3.63, 3.8) is 0 Å². The first-order valence-corrected chi connectivity index (χ1v) is 3.64. The van der Waals surface area contributed by atoms with E-state index in [-0.39, 0.29) is 0 Å². The summed E-state index contributed by atoms with van der Waals surface area (Å²) < 4.78 is 0. The predicted molar refractivity (Wildman–Crippen MR) is 38.4 cm³/mol. The molecule has 0 amide bonds. The van der Waals surface area contributed by atoms with E-state index in [9.17, 15) is 5.11 Å². The summed E-state index contributed by atoms with van der Waals surface area (Å²) in [4.78, 5) is 4.90. The lowest BCUT2D eigenvalue weighted by Crippen LogP contribution is -2.46. The van der Waals surface area contributed by atoms with Crippen molar-refractivity contribution in [2.45, 2.75) is 24.9 Å². The fraction of sp³-hybridized carbons (Fsp3) is 1.00. The van der Waals surface area contributed by atoms with Gasteiger partial charge in [-0.1, -0.05) is 0 Å². The van der Waals surface area contributed by atoms with Crippen LogP contribution in [0.5, 0.6) is 0 Å². The van der Waals surface area contributed by atoms with Gasteiger partial charge in [0.25, 0.3) is 0 Å². The maximum atomic E-state index is 9.59. The zero-order valence-corrected chi connectivity index (χ0v) is 6.63. The van der Waals surface area contributed by atoms with Crippen molar-refractivity contribution >= 4 is 0 Å². The summed E-state index contributed by atoms with van der Waals surface area (Å²) in [6.45, 7) is 0.628. The van der Waals surface area contributed by atoms with Crippen molar-refractivity contribution in [3.8, 4) is 0 Å². The molecule has 0 spiro atoms. The quantitative estimate of drug-likeness (QED) is 0.583. The van der Waals surface area contributed by atoms with Gasteiger partial charge in [0.2, 0.25) is 0 Å². The van der Waals surface area contributed by atoms with Crippen molar-refractivity contribution in [1.29, 1.82) is 0 Å². The second-order valence-electron chi connectivity index (χ2n) is 3.05. The summed E-state index contributed by atoms with van der Waals surface area (Å²) in [6, 6.07) is 0. The van der Waals surface area contributed by atoms with Crippen LogP contribution in [0.1, 0.15) is 19.3 Å². The Morgan fingerprint density at radius 2 is 2.20 bits per heavy atom. The number of aliphatic hydroxyl groups is 1. The molecule has 0 saturated heterocycles. The molecule has 0 aliphatic heterocycles. The van der Waals surface area contributed by atoms with E-state index >= 15 is 0 Å². The third kappa shape index (κ3) is 1.68. The highest BCUT2D eigenvalue weighted by atomic mass is 16.7. The lowest BCUT2D eigenvalue weighted by molar-refractivity contribution is -0.168. The second-order valence-corrected chi connectivity index (χ2v) is 3.05. The molecule has 0 aromatic heterocycles. The summed E-state index contributed by atoms with van der Waals surface area (Å²) in [5.74, 6) is 0. The Bertz CT molecular complexity index is 112. The Balaban J connectivity index is 2.22. The van der Waals surface area contributed by atoms with Crippen molar-refractivity contribution in [2.24, 2.45) is 0 Å². The molecule has 0 bridgehead atoms. The van der Waals surface area contributed by atoms with Crippen LogP contribution in [0, 0.1) is 0 Å². The first kappa shape index (κ1) is 7.98. The molecule has 3 heteroatoms. The Labute approximate surface area is 61.5 Å². The fourth-order valence-corrected chi connectivity index (χ4v) is 1.22. The Kier molecular flexibility index (Phi) is 2.28. The SMILES string of the molecule is CON(C)CC1(O)CCC1. The van der Waals surface area contributed by atoms with Crippen molar-refractivity contribution in [1.82, 2.24) is 5.06 Å². The molecule has 1 fully saturated rings. The summed E-state index contributed by atoms with van der Waals surface area (Å²) in [7, 11) is 3.44. The third-order valence-electron chi connectivity index (χ3n) is 2.11. The number of nitrogens with zero attached hydrogens (tertiary/aromatic N) is 1. The number of rotatable bonds is 3. The van der Waals surface area contributed by atoms with Crippen LogP contribution < -0.4 is 0 Å². The Morgan fingerprint density at radius 1 is 1.60 bits per heavy atom. The van der Waals surface area contributed by atoms with Crippen molar-refractivity contribution < 1.29 is 9.94 Å². The smallest absolute Gasteiger partial charge is 0.0797 e. The van der Waals surface area contributed by atoms with Crippen LogP contribution in [-0.2, 0) is 4.84 Å². The van der Waals surface area contributed by atoms with E-state index in [1.165, 1.54) is 0 Å². The minimum Gasteiger partial charge on any atom is -0.388 e. The van der Waals surface area contributed by atoms with Gasteiger partial charge in [0.15, 0.2) is 0 Å². The van der Waals surface area contributed by atoms with Gasteiger partial charge in [-0.2, -0.15) is 5.06 Å². The normalized spacial score (nSPS) is 22.8. The molecule has 0 unspecified atom stereocenters. The van der Waals surface area contributed by atoms with E-state index in [1.807, 2.05) is 7.05 Å². The highest BCUT2D eigenvalue weighted by Gasteiger charge is 2.35. The van der Waals surface area contributed by atoms with Gasteiger partial charge >= 0.3 is 0 Å².